The lowest BCUT2D eigenvalue weighted by Crippen LogP contribution is -2.13. The molecule has 1 aromatic rings. The molecular weight excluding hydrogens is 222 g/mol. The minimum absolute atomic E-state index is 0.0329. The maximum Gasteiger partial charge on any atom is 0.167 e. The molecule has 1 aromatic heterocycles. The molecule has 3 rings (SSSR count). The van der Waals surface area contributed by atoms with E-state index in [-0.39, 0.29) is 5.92 Å². The maximum atomic E-state index is 12.6. The van der Waals surface area contributed by atoms with Crippen molar-refractivity contribution < 1.29 is 4.79 Å². The van der Waals surface area contributed by atoms with Crippen molar-refractivity contribution in [3.63, 3.8) is 0 Å². The Morgan fingerprint density at radius 3 is 3.11 bits per heavy atom. The standard InChI is InChI=1S/C16H19NO/c18-16(13-6-3-1-2-4-7-13)14-10-9-12-8-5-11-17-15(12)14/h5-6,8,11,14H,1-4,7,9-10H2. The summed E-state index contributed by atoms with van der Waals surface area (Å²) in [7, 11) is 0. The molecule has 0 N–H and O–H groups in total. The molecule has 0 radical (unpaired) electrons. The molecule has 2 heteroatoms. The molecule has 2 aliphatic rings. The Labute approximate surface area is 108 Å². The van der Waals surface area contributed by atoms with Crippen LogP contribution in [0.5, 0.6) is 0 Å². The number of allylic oxidation sites excluding steroid dienone is 2. The molecule has 18 heavy (non-hydrogen) atoms. The fourth-order valence-corrected chi connectivity index (χ4v) is 3.13. The van der Waals surface area contributed by atoms with Gasteiger partial charge in [-0.15, -0.1) is 0 Å². The van der Waals surface area contributed by atoms with Gasteiger partial charge in [0.15, 0.2) is 5.78 Å². The van der Waals surface area contributed by atoms with E-state index >= 15 is 0 Å². The van der Waals surface area contributed by atoms with E-state index in [1.54, 1.807) is 0 Å². The first-order chi connectivity index (χ1) is 8.86. The van der Waals surface area contributed by atoms with Gasteiger partial charge in [0.25, 0.3) is 0 Å². The number of hydrogen-bond donors (Lipinski definition) is 0. The predicted octanol–water partition coefficient (Wildman–Crippen LogP) is 3.57. The van der Waals surface area contributed by atoms with Crippen LogP contribution in [0.1, 0.15) is 55.7 Å². The average Bonchev–Trinajstić information content (AvgIpc) is 2.65. The topological polar surface area (TPSA) is 30.0 Å². The van der Waals surface area contributed by atoms with E-state index in [0.29, 0.717) is 5.78 Å². The van der Waals surface area contributed by atoms with Crippen LogP contribution in [0.25, 0.3) is 0 Å². The quantitative estimate of drug-likeness (QED) is 0.792. The van der Waals surface area contributed by atoms with Crippen molar-refractivity contribution in [2.45, 2.75) is 50.9 Å². The van der Waals surface area contributed by atoms with Crippen LogP contribution in [0.2, 0.25) is 0 Å². The summed E-state index contributed by atoms with van der Waals surface area (Å²) in [4.78, 5) is 17.0. The fourth-order valence-electron chi connectivity index (χ4n) is 3.13. The summed E-state index contributed by atoms with van der Waals surface area (Å²) in [6.45, 7) is 0. The van der Waals surface area contributed by atoms with Crippen molar-refractivity contribution in [2.24, 2.45) is 0 Å². The molecule has 0 aliphatic heterocycles. The van der Waals surface area contributed by atoms with Crippen LogP contribution in [0.4, 0.5) is 0 Å². The van der Waals surface area contributed by atoms with Crippen molar-refractivity contribution in [1.29, 1.82) is 0 Å². The molecule has 2 aliphatic carbocycles. The second-order valence-electron chi connectivity index (χ2n) is 5.33. The number of pyridine rings is 1. The Kier molecular flexibility index (Phi) is 3.26. The first-order valence-electron chi connectivity index (χ1n) is 7.03. The van der Waals surface area contributed by atoms with Gasteiger partial charge in [-0.3, -0.25) is 9.78 Å². The average molecular weight is 241 g/mol. The Hall–Kier alpha value is -1.44. The van der Waals surface area contributed by atoms with E-state index in [1.807, 2.05) is 12.3 Å². The minimum Gasteiger partial charge on any atom is -0.294 e. The van der Waals surface area contributed by atoms with Crippen molar-refractivity contribution >= 4 is 5.78 Å². The predicted molar refractivity (Wildman–Crippen MR) is 71.5 cm³/mol. The van der Waals surface area contributed by atoms with Gasteiger partial charge in [-0.2, -0.15) is 0 Å². The van der Waals surface area contributed by atoms with Gasteiger partial charge in [0.05, 0.1) is 11.6 Å². The molecule has 0 fully saturated rings. The van der Waals surface area contributed by atoms with Crippen molar-refractivity contribution in [3.05, 3.63) is 41.2 Å². The summed E-state index contributed by atoms with van der Waals surface area (Å²) in [6, 6.07) is 4.08. The summed E-state index contributed by atoms with van der Waals surface area (Å²) in [5, 5.41) is 0. The number of carbonyl (C=O) groups excluding carboxylic acids is 1. The van der Waals surface area contributed by atoms with Crippen LogP contribution < -0.4 is 0 Å². The molecule has 0 saturated carbocycles. The summed E-state index contributed by atoms with van der Waals surface area (Å²) >= 11 is 0. The minimum atomic E-state index is 0.0329. The van der Waals surface area contributed by atoms with Crippen molar-refractivity contribution in [2.75, 3.05) is 0 Å². The van der Waals surface area contributed by atoms with Gasteiger partial charge in [0.2, 0.25) is 0 Å². The number of aromatic nitrogens is 1. The Balaban J connectivity index is 1.84. The highest BCUT2D eigenvalue weighted by Gasteiger charge is 2.31. The van der Waals surface area contributed by atoms with Gasteiger partial charge >= 0.3 is 0 Å². The zero-order valence-electron chi connectivity index (χ0n) is 10.7. The highest BCUT2D eigenvalue weighted by atomic mass is 16.1. The van der Waals surface area contributed by atoms with Gasteiger partial charge in [-0.05, 0) is 55.7 Å². The SMILES string of the molecule is O=C(C1=CCCCCC1)C1CCc2cccnc21. The van der Waals surface area contributed by atoms with E-state index < -0.39 is 0 Å². The lowest BCUT2D eigenvalue weighted by atomic mass is 9.92. The van der Waals surface area contributed by atoms with Crippen LogP contribution in [-0.2, 0) is 11.2 Å². The number of rotatable bonds is 2. The number of nitrogens with zero attached hydrogens (tertiary/aromatic N) is 1. The number of hydrogen-bond acceptors (Lipinski definition) is 2. The third-order valence-corrected chi connectivity index (χ3v) is 4.13. The second kappa shape index (κ2) is 5.05. The van der Waals surface area contributed by atoms with E-state index in [4.69, 9.17) is 0 Å². The summed E-state index contributed by atoms with van der Waals surface area (Å²) in [5.41, 5.74) is 3.37. The van der Waals surface area contributed by atoms with Gasteiger partial charge in [0, 0.05) is 6.20 Å². The van der Waals surface area contributed by atoms with Gasteiger partial charge < -0.3 is 0 Å². The van der Waals surface area contributed by atoms with Crippen molar-refractivity contribution in [3.8, 4) is 0 Å². The van der Waals surface area contributed by atoms with E-state index in [9.17, 15) is 4.79 Å². The molecule has 0 spiro atoms. The monoisotopic (exact) mass is 241 g/mol. The van der Waals surface area contributed by atoms with E-state index in [0.717, 1.165) is 37.0 Å². The molecule has 1 heterocycles. The smallest absolute Gasteiger partial charge is 0.167 e. The number of carbonyl (C=O) groups is 1. The van der Waals surface area contributed by atoms with Crippen LogP contribution in [0, 0.1) is 0 Å². The van der Waals surface area contributed by atoms with Gasteiger partial charge in [0.1, 0.15) is 0 Å². The summed E-state index contributed by atoms with van der Waals surface area (Å²) in [5.74, 6) is 0.375. The molecule has 1 atom stereocenters. The number of aryl methyl sites for hydroxylation is 1. The maximum absolute atomic E-state index is 12.6. The molecule has 0 saturated heterocycles. The van der Waals surface area contributed by atoms with E-state index in [2.05, 4.69) is 17.1 Å². The lowest BCUT2D eigenvalue weighted by molar-refractivity contribution is -0.117. The highest BCUT2D eigenvalue weighted by molar-refractivity contribution is 6.00. The van der Waals surface area contributed by atoms with Crippen LogP contribution in [-0.4, -0.2) is 10.8 Å². The van der Waals surface area contributed by atoms with Gasteiger partial charge in [-0.1, -0.05) is 18.6 Å². The number of Topliss-reactive ketones (excluding diaryl/α,β-unsaturated/α-hetero) is 1. The molecule has 1 unspecified atom stereocenters. The Morgan fingerprint density at radius 2 is 2.17 bits per heavy atom. The third-order valence-electron chi connectivity index (χ3n) is 4.13. The van der Waals surface area contributed by atoms with Crippen molar-refractivity contribution in [1.82, 2.24) is 4.98 Å². The summed E-state index contributed by atoms with van der Waals surface area (Å²) < 4.78 is 0. The third kappa shape index (κ3) is 2.12. The largest absolute Gasteiger partial charge is 0.294 e. The summed E-state index contributed by atoms with van der Waals surface area (Å²) in [6.07, 6.45) is 11.6. The number of ketones is 1. The Bertz CT molecular complexity index is 490. The van der Waals surface area contributed by atoms with Crippen LogP contribution in [0.3, 0.4) is 0 Å². The zero-order valence-corrected chi connectivity index (χ0v) is 10.7. The first-order valence-corrected chi connectivity index (χ1v) is 7.03. The molecule has 0 amide bonds. The number of fused-ring (bicyclic) bond motifs is 1. The first kappa shape index (κ1) is 11.6. The van der Waals surface area contributed by atoms with Crippen LogP contribution >= 0.6 is 0 Å². The van der Waals surface area contributed by atoms with Crippen LogP contribution in [0.15, 0.2) is 30.0 Å². The molecular formula is C16H19NO. The van der Waals surface area contributed by atoms with E-state index in [1.165, 1.54) is 24.8 Å². The highest BCUT2D eigenvalue weighted by Crippen LogP contribution is 2.35. The Morgan fingerprint density at radius 1 is 1.22 bits per heavy atom. The zero-order chi connectivity index (χ0) is 12.4. The molecule has 0 bridgehead atoms. The molecule has 2 nitrogen and oxygen atoms in total. The normalized spacial score (nSPS) is 23.1. The molecule has 94 valence electrons. The lowest BCUT2D eigenvalue weighted by Gasteiger charge is -2.11. The fraction of sp³-hybridized carbons (Fsp3) is 0.500. The van der Waals surface area contributed by atoms with Gasteiger partial charge in [-0.25, -0.2) is 0 Å². The molecule has 0 aromatic carbocycles. The second-order valence-corrected chi connectivity index (χ2v) is 5.33.